The fraction of sp³-hybridized carbons (Fsp3) is 0.400. The Hall–Kier alpha value is -2.64. The molecule has 1 saturated heterocycles. The Morgan fingerprint density at radius 2 is 1.61 bits per heavy atom. The second-order valence-corrected chi connectivity index (χ2v) is 7.12. The molecule has 0 bridgehead atoms. The van der Waals surface area contributed by atoms with E-state index in [2.05, 4.69) is 15.0 Å². The first-order valence-corrected chi connectivity index (χ1v) is 9.33. The molecular formula is C20H20F4N4. The molecule has 0 N–H and O–H groups in total. The van der Waals surface area contributed by atoms with Crippen molar-refractivity contribution >= 4 is 11.5 Å². The average Bonchev–Trinajstić information content (AvgIpc) is 2.84. The summed E-state index contributed by atoms with van der Waals surface area (Å²) in [7, 11) is 0. The zero-order valence-corrected chi connectivity index (χ0v) is 15.4. The lowest BCUT2D eigenvalue weighted by Crippen LogP contribution is -2.26. The van der Waals surface area contributed by atoms with Gasteiger partial charge in [0.2, 0.25) is 0 Å². The Bertz CT molecular complexity index is 984. The Morgan fingerprint density at radius 3 is 2.21 bits per heavy atom. The molecule has 4 nitrogen and oxygen atoms in total. The molecule has 1 aromatic carbocycles. The zero-order valence-electron chi connectivity index (χ0n) is 15.4. The van der Waals surface area contributed by atoms with Crippen molar-refractivity contribution in [2.75, 3.05) is 18.0 Å². The average molecular weight is 392 g/mol. The van der Waals surface area contributed by atoms with Crippen LogP contribution in [0.3, 0.4) is 0 Å². The SMILES string of the molecule is Cc1cc(N2CCCCCC2)n2nc(C(F)(F)F)c(-c3ccc(F)cc3)c2n1. The Balaban J connectivity index is 1.98. The number of fused-ring (bicyclic) bond motifs is 1. The van der Waals surface area contributed by atoms with Gasteiger partial charge in [-0.25, -0.2) is 9.37 Å². The van der Waals surface area contributed by atoms with Gasteiger partial charge in [-0.1, -0.05) is 25.0 Å². The summed E-state index contributed by atoms with van der Waals surface area (Å²) in [4.78, 5) is 6.45. The first-order chi connectivity index (χ1) is 13.3. The molecule has 28 heavy (non-hydrogen) atoms. The predicted octanol–water partition coefficient (Wildman–Crippen LogP) is 5.24. The van der Waals surface area contributed by atoms with E-state index >= 15 is 0 Å². The summed E-state index contributed by atoms with van der Waals surface area (Å²) in [6.45, 7) is 3.30. The Kier molecular flexibility index (Phi) is 4.72. The molecule has 2 aromatic heterocycles. The van der Waals surface area contributed by atoms with Crippen molar-refractivity contribution in [3.8, 4) is 11.1 Å². The van der Waals surface area contributed by atoms with Crippen molar-refractivity contribution in [1.82, 2.24) is 14.6 Å². The van der Waals surface area contributed by atoms with Crippen molar-refractivity contribution in [3.63, 3.8) is 0 Å². The molecule has 0 aliphatic carbocycles. The number of rotatable bonds is 2. The van der Waals surface area contributed by atoms with Gasteiger partial charge in [0.15, 0.2) is 11.3 Å². The van der Waals surface area contributed by atoms with Gasteiger partial charge in [-0.05, 0) is 37.5 Å². The molecule has 1 fully saturated rings. The lowest BCUT2D eigenvalue weighted by Gasteiger charge is -2.23. The van der Waals surface area contributed by atoms with Crippen LogP contribution in [0.5, 0.6) is 0 Å². The number of hydrogen-bond acceptors (Lipinski definition) is 3. The van der Waals surface area contributed by atoms with Crippen LogP contribution in [-0.2, 0) is 6.18 Å². The fourth-order valence-corrected chi connectivity index (χ4v) is 3.73. The van der Waals surface area contributed by atoms with Gasteiger partial charge in [0.05, 0.1) is 5.56 Å². The van der Waals surface area contributed by atoms with Crippen LogP contribution >= 0.6 is 0 Å². The van der Waals surface area contributed by atoms with Gasteiger partial charge in [-0.15, -0.1) is 0 Å². The molecule has 0 atom stereocenters. The molecule has 0 unspecified atom stereocenters. The highest BCUT2D eigenvalue weighted by molar-refractivity contribution is 5.81. The van der Waals surface area contributed by atoms with E-state index in [0.29, 0.717) is 11.5 Å². The van der Waals surface area contributed by atoms with E-state index in [9.17, 15) is 17.6 Å². The summed E-state index contributed by atoms with van der Waals surface area (Å²) < 4.78 is 56.0. The number of anilines is 1. The molecule has 148 valence electrons. The Morgan fingerprint density at radius 1 is 0.964 bits per heavy atom. The van der Waals surface area contributed by atoms with Crippen LogP contribution in [0.25, 0.3) is 16.8 Å². The van der Waals surface area contributed by atoms with Crippen LogP contribution < -0.4 is 4.90 Å². The quantitative estimate of drug-likeness (QED) is 0.559. The van der Waals surface area contributed by atoms with Crippen molar-refractivity contribution in [1.29, 1.82) is 0 Å². The monoisotopic (exact) mass is 392 g/mol. The van der Waals surface area contributed by atoms with Crippen molar-refractivity contribution in [3.05, 3.63) is 47.5 Å². The third-order valence-electron chi connectivity index (χ3n) is 5.03. The lowest BCUT2D eigenvalue weighted by atomic mass is 10.1. The third kappa shape index (κ3) is 3.43. The highest BCUT2D eigenvalue weighted by Gasteiger charge is 2.39. The van der Waals surface area contributed by atoms with E-state index in [-0.39, 0.29) is 16.8 Å². The van der Waals surface area contributed by atoms with Crippen LogP contribution in [0, 0.1) is 12.7 Å². The normalized spacial score (nSPS) is 15.8. The number of aromatic nitrogens is 3. The number of alkyl halides is 3. The molecule has 1 aliphatic rings. The summed E-state index contributed by atoms with van der Waals surface area (Å²) in [5.74, 6) is 0.103. The second kappa shape index (κ2) is 7.07. The topological polar surface area (TPSA) is 33.4 Å². The molecule has 0 saturated carbocycles. The maximum atomic E-state index is 13.8. The number of benzene rings is 1. The molecule has 1 aliphatic heterocycles. The highest BCUT2D eigenvalue weighted by Crippen LogP contribution is 2.39. The standard InChI is InChI=1S/C20H20F4N4/c1-13-12-16(27-10-4-2-3-5-11-27)28-19(25-13)17(18(26-28)20(22,23)24)14-6-8-15(21)9-7-14/h6-9,12H,2-5,10-11H2,1H3. The molecule has 0 radical (unpaired) electrons. The fourth-order valence-electron chi connectivity index (χ4n) is 3.73. The van der Waals surface area contributed by atoms with Crippen LogP contribution in [0.1, 0.15) is 37.1 Å². The summed E-state index contributed by atoms with van der Waals surface area (Å²) >= 11 is 0. The maximum absolute atomic E-state index is 13.8. The van der Waals surface area contributed by atoms with E-state index in [1.54, 1.807) is 13.0 Å². The maximum Gasteiger partial charge on any atom is 0.435 e. The first kappa shape index (κ1) is 18.7. The minimum Gasteiger partial charge on any atom is -0.356 e. The summed E-state index contributed by atoms with van der Waals surface area (Å²) in [6.07, 6.45) is -0.460. The van der Waals surface area contributed by atoms with E-state index in [1.165, 1.54) is 16.6 Å². The molecule has 0 spiro atoms. The van der Waals surface area contributed by atoms with Gasteiger partial charge >= 0.3 is 6.18 Å². The van der Waals surface area contributed by atoms with Gasteiger partial charge in [0.1, 0.15) is 11.6 Å². The van der Waals surface area contributed by atoms with Gasteiger partial charge in [-0.2, -0.15) is 22.8 Å². The molecule has 0 amide bonds. The molecule has 8 heteroatoms. The first-order valence-electron chi connectivity index (χ1n) is 9.33. The Labute approximate surface area is 159 Å². The lowest BCUT2D eigenvalue weighted by molar-refractivity contribution is -0.140. The van der Waals surface area contributed by atoms with Gasteiger partial charge in [0, 0.05) is 24.8 Å². The van der Waals surface area contributed by atoms with Crippen molar-refractivity contribution < 1.29 is 17.6 Å². The molecule has 4 rings (SSSR count). The molecular weight excluding hydrogens is 372 g/mol. The number of nitrogens with zero attached hydrogens (tertiary/aromatic N) is 4. The van der Waals surface area contributed by atoms with E-state index in [0.717, 1.165) is 50.9 Å². The molecule has 3 heterocycles. The zero-order chi connectivity index (χ0) is 19.9. The van der Waals surface area contributed by atoms with E-state index < -0.39 is 17.7 Å². The van der Waals surface area contributed by atoms with E-state index in [4.69, 9.17) is 0 Å². The second-order valence-electron chi connectivity index (χ2n) is 7.12. The van der Waals surface area contributed by atoms with Crippen LogP contribution in [0.4, 0.5) is 23.4 Å². The summed E-state index contributed by atoms with van der Waals surface area (Å²) in [5.41, 5.74) is -0.133. The number of hydrogen-bond donors (Lipinski definition) is 0. The van der Waals surface area contributed by atoms with Crippen LogP contribution in [-0.4, -0.2) is 27.7 Å². The molecule has 3 aromatic rings. The van der Waals surface area contributed by atoms with Crippen LogP contribution in [0.2, 0.25) is 0 Å². The smallest absolute Gasteiger partial charge is 0.356 e. The van der Waals surface area contributed by atoms with Gasteiger partial charge in [0.25, 0.3) is 0 Å². The van der Waals surface area contributed by atoms with E-state index in [1.807, 2.05) is 0 Å². The van der Waals surface area contributed by atoms with Gasteiger partial charge in [-0.3, -0.25) is 0 Å². The van der Waals surface area contributed by atoms with Crippen LogP contribution in [0.15, 0.2) is 30.3 Å². The largest absolute Gasteiger partial charge is 0.435 e. The van der Waals surface area contributed by atoms with Crippen molar-refractivity contribution in [2.45, 2.75) is 38.8 Å². The minimum absolute atomic E-state index is 0.118. The number of aryl methyl sites for hydroxylation is 1. The third-order valence-corrected chi connectivity index (χ3v) is 5.03. The highest BCUT2D eigenvalue weighted by atomic mass is 19.4. The van der Waals surface area contributed by atoms with Gasteiger partial charge < -0.3 is 4.90 Å². The summed E-state index contributed by atoms with van der Waals surface area (Å²) in [6, 6.07) is 6.73. The summed E-state index contributed by atoms with van der Waals surface area (Å²) in [5, 5.41) is 3.92. The number of halogens is 4. The predicted molar refractivity (Wildman–Crippen MR) is 98.8 cm³/mol. The minimum atomic E-state index is -4.65. The van der Waals surface area contributed by atoms with Crippen molar-refractivity contribution in [2.24, 2.45) is 0 Å².